The molecule has 3 aromatic rings. The maximum atomic E-state index is 10.6. The molecule has 0 unspecified atom stereocenters. The van der Waals surface area contributed by atoms with Crippen LogP contribution in [0.1, 0.15) is 0 Å². The number of hydrogen-bond acceptors (Lipinski definition) is 4. The molecule has 0 spiro atoms. The van der Waals surface area contributed by atoms with Crippen LogP contribution in [0.4, 0.5) is 5.69 Å². The van der Waals surface area contributed by atoms with Gasteiger partial charge in [-0.1, -0.05) is 0 Å². The summed E-state index contributed by atoms with van der Waals surface area (Å²) in [6, 6.07) is 7.98. The van der Waals surface area contributed by atoms with E-state index in [4.69, 9.17) is 4.42 Å². The highest BCUT2D eigenvalue weighted by atomic mass is 16.6. The first kappa shape index (κ1) is 10.4. The zero-order chi connectivity index (χ0) is 12.5. The minimum Gasteiger partial charge on any atom is -0.384 e. The van der Waals surface area contributed by atoms with Crippen molar-refractivity contribution < 1.29 is 13.7 Å². The van der Waals surface area contributed by atoms with Crippen LogP contribution in [0.25, 0.3) is 17.2 Å². The Hall–Kier alpha value is -2.76. The minimum atomic E-state index is -0.432. The van der Waals surface area contributed by atoms with Crippen LogP contribution in [0.5, 0.6) is 0 Å². The van der Waals surface area contributed by atoms with E-state index in [1.807, 2.05) is 6.20 Å². The van der Waals surface area contributed by atoms with Gasteiger partial charge in [-0.15, -0.1) is 0 Å². The summed E-state index contributed by atoms with van der Waals surface area (Å²) < 4.78 is 7.28. The molecule has 0 N–H and O–H groups in total. The predicted molar refractivity (Wildman–Crippen MR) is 61.8 cm³/mol. The smallest absolute Gasteiger partial charge is 0.384 e. The molecule has 0 fully saturated rings. The molecule has 88 valence electrons. The van der Waals surface area contributed by atoms with E-state index in [0.717, 1.165) is 5.56 Å². The van der Waals surface area contributed by atoms with E-state index in [-0.39, 0.29) is 5.69 Å². The van der Waals surface area contributed by atoms with Crippen molar-refractivity contribution in [2.24, 2.45) is 0 Å². The van der Waals surface area contributed by atoms with Crippen LogP contribution in [0.3, 0.4) is 0 Å². The van der Waals surface area contributed by atoms with E-state index in [0.29, 0.717) is 11.6 Å². The van der Waals surface area contributed by atoms with Crippen LogP contribution in [0.2, 0.25) is 0 Å². The van der Waals surface area contributed by atoms with E-state index < -0.39 is 4.92 Å². The number of fused-ring (bicyclic) bond motifs is 1. The Morgan fingerprint density at radius 3 is 2.72 bits per heavy atom. The quantitative estimate of drug-likeness (QED) is 0.391. The van der Waals surface area contributed by atoms with Crippen molar-refractivity contribution in [2.75, 3.05) is 0 Å². The molecule has 0 amide bonds. The van der Waals surface area contributed by atoms with Gasteiger partial charge >= 0.3 is 5.84 Å². The fourth-order valence-corrected chi connectivity index (χ4v) is 1.68. The molecule has 18 heavy (non-hydrogen) atoms. The lowest BCUT2D eigenvalue weighted by molar-refractivity contribution is -0.516. The molecule has 0 aliphatic carbocycles. The van der Waals surface area contributed by atoms with Crippen molar-refractivity contribution in [1.29, 1.82) is 0 Å². The van der Waals surface area contributed by atoms with Gasteiger partial charge in [-0.25, -0.2) is 0 Å². The molecule has 6 heteroatoms. The maximum absolute atomic E-state index is 10.6. The van der Waals surface area contributed by atoms with Crippen molar-refractivity contribution in [3.05, 3.63) is 59.0 Å². The fourth-order valence-electron chi connectivity index (χ4n) is 1.68. The molecule has 0 aliphatic heterocycles. The summed E-state index contributed by atoms with van der Waals surface area (Å²) in [7, 11) is 0. The Morgan fingerprint density at radius 1 is 1.28 bits per heavy atom. The van der Waals surface area contributed by atoms with Crippen molar-refractivity contribution in [3.8, 4) is 11.3 Å². The van der Waals surface area contributed by atoms with E-state index in [9.17, 15) is 10.1 Å². The van der Waals surface area contributed by atoms with Gasteiger partial charge in [-0.2, -0.15) is 4.40 Å². The molecule has 0 radical (unpaired) electrons. The Morgan fingerprint density at radius 2 is 2.06 bits per heavy atom. The number of benzene rings is 1. The molecular formula is C12H8N3O3+. The molecule has 6 nitrogen and oxygen atoms in total. The van der Waals surface area contributed by atoms with Crippen LogP contribution < -0.4 is 4.40 Å². The zero-order valence-electron chi connectivity index (χ0n) is 9.19. The van der Waals surface area contributed by atoms with Gasteiger partial charge in [0.25, 0.3) is 5.69 Å². The molecule has 3 rings (SSSR count). The van der Waals surface area contributed by atoms with Crippen LogP contribution >= 0.6 is 0 Å². The number of oxazole rings is 1. The average molecular weight is 242 g/mol. The van der Waals surface area contributed by atoms with Gasteiger partial charge < -0.3 is 4.42 Å². The van der Waals surface area contributed by atoms with Crippen molar-refractivity contribution in [1.82, 2.24) is 4.98 Å². The lowest BCUT2D eigenvalue weighted by Gasteiger charge is -1.93. The molecule has 0 aliphatic rings. The van der Waals surface area contributed by atoms with Crippen LogP contribution in [0.15, 0.2) is 53.3 Å². The van der Waals surface area contributed by atoms with Crippen molar-refractivity contribution in [3.63, 3.8) is 0 Å². The van der Waals surface area contributed by atoms with Gasteiger partial charge in [0.1, 0.15) is 18.6 Å². The predicted octanol–water partition coefficient (Wildman–Crippen LogP) is 1.99. The third-order valence-electron chi connectivity index (χ3n) is 2.56. The van der Waals surface area contributed by atoms with Gasteiger partial charge in [0.2, 0.25) is 0 Å². The molecular weight excluding hydrogens is 234 g/mol. The second kappa shape index (κ2) is 3.92. The summed E-state index contributed by atoms with van der Waals surface area (Å²) in [4.78, 5) is 14.2. The number of nitro benzene ring substituents is 1. The first-order valence-corrected chi connectivity index (χ1v) is 5.25. The Balaban J connectivity index is 2.06. The van der Waals surface area contributed by atoms with Crippen LogP contribution in [-0.2, 0) is 0 Å². The van der Waals surface area contributed by atoms with Gasteiger partial charge in [0, 0.05) is 23.8 Å². The SMILES string of the molecule is O=[N+]([O-])c1ccc(-c2c[n+]3cccnc3o2)cc1. The number of rotatable bonds is 2. The molecule has 2 aromatic heterocycles. The monoisotopic (exact) mass is 242 g/mol. The van der Waals surface area contributed by atoms with Gasteiger partial charge in [-0.05, 0) is 17.1 Å². The summed E-state index contributed by atoms with van der Waals surface area (Å²) >= 11 is 0. The topological polar surface area (TPSA) is 73.3 Å². The molecule has 1 aromatic carbocycles. The molecule has 0 saturated carbocycles. The summed E-state index contributed by atoms with van der Waals surface area (Å²) in [5.74, 6) is 1.09. The molecule has 0 atom stereocenters. The summed E-state index contributed by atoms with van der Waals surface area (Å²) in [5.41, 5.74) is 0.826. The van der Waals surface area contributed by atoms with Gasteiger partial charge in [0.15, 0.2) is 5.76 Å². The second-order valence-electron chi connectivity index (χ2n) is 3.71. The van der Waals surface area contributed by atoms with Gasteiger partial charge in [0.05, 0.1) is 4.92 Å². The molecule has 0 bridgehead atoms. The standard InChI is InChI=1S/C12H8N3O3/c16-15(17)10-4-2-9(3-5-10)11-8-14-7-1-6-13-12(14)18-11/h1-8H/q+1. The fraction of sp³-hybridized carbons (Fsp3) is 0. The van der Waals surface area contributed by atoms with E-state index >= 15 is 0 Å². The summed E-state index contributed by atoms with van der Waals surface area (Å²) in [6.45, 7) is 0. The third-order valence-corrected chi connectivity index (χ3v) is 2.56. The Labute approximate surface area is 101 Å². The first-order valence-electron chi connectivity index (χ1n) is 5.25. The van der Waals surface area contributed by atoms with Gasteiger partial charge in [-0.3, -0.25) is 10.1 Å². The third kappa shape index (κ3) is 1.69. The number of nitro groups is 1. The normalized spacial score (nSPS) is 10.7. The van der Waals surface area contributed by atoms with Crippen LogP contribution in [0, 0.1) is 10.1 Å². The summed E-state index contributed by atoms with van der Waals surface area (Å²) in [5, 5.41) is 10.6. The summed E-state index contributed by atoms with van der Waals surface area (Å²) in [6.07, 6.45) is 5.24. The number of aromatic nitrogens is 2. The average Bonchev–Trinajstić information content (AvgIpc) is 2.82. The number of nitrogens with zero attached hydrogens (tertiary/aromatic N) is 3. The largest absolute Gasteiger partial charge is 0.508 e. The van der Waals surface area contributed by atoms with Crippen molar-refractivity contribution >= 4 is 11.5 Å². The lowest BCUT2D eigenvalue weighted by atomic mass is 10.2. The zero-order valence-corrected chi connectivity index (χ0v) is 9.19. The maximum Gasteiger partial charge on any atom is 0.508 e. The highest BCUT2D eigenvalue weighted by Crippen LogP contribution is 2.22. The highest BCUT2D eigenvalue weighted by Gasteiger charge is 2.13. The molecule has 0 saturated heterocycles. The second-order valence-corrected chi connectivity index (χ2v) is 3.71. The Bertz CT molecular complexity index is 686. The highest BCUT2D eigenvalue weighted by molar-refractivity contribution is 5.58. The lowest BCUT2D eigenvalue weighted by Crippen LogP contribution is -2.17. The van der Waals surface area contributed by atoms with E-state index in [1.54, 1.807) is 35.0 Å². The molecule has 2 heterocycles. The number of hydrogen-bond donors (Lipinski definition) is 0. The van der Waals surface area contributed by atoms with Crippen molar-refractivity contribution in [2.45, 2.75) is 0 Å². The van der Waals surface area contributed by atoms with E-state index in [1.165, 1.54) is 12.1 Å². The first-order chi connectivity index (χ1) is 8.74. The minimum absolute atomic E-state index is 0.0561. The van der Waals surface area contributed by atoms with Crippen LogP contribution in [-0.4, -0.2) is 9.91 Å². The Kier molecular flexibility index (Phi) is 2.26. The van der Waals surface area contributed by atoms with E-state index in [2.05, 4.69) is 4.98 Å². The number of non-ortho nitro benzene ring substituents is 1.